The zero-order valence-corrected chi connectivity index (χ0v) is 4.59. The molecule has 0 saturated heterocycles. The van der Waals surface area contributed by atoms with E-state index >= 15 is 0 Å². The summed E-state index contributed by atoms with van der Waals surface area (Å²) in [6.07, 6.45) is 1.51. The molecule has 0 amide bonds. The highest BCUT2D eigenvalue weighted by Crippen LogP contribution is 2.03. The van der Waals surface area contributed by atoms with Crippen LogP contribution < -0.4 is 0 Å². The van der Waals surface area contributed by atoms with E-state index in [9.17, 15) is 0 Å². The van der Waals surface area contributed by atoms with Gasteiger partial charge in [-0.05, 0) is 6.92 Å². The second-order valence-corrected chi connectivity index (χ2v) is 1.57. The highest BCUT2D eigenvalue weighted by molar-refractivity contribution is 5.09. The van der Waals surface area contributed by atoms with Gasteiger partial charge in [0.15, 0.2) is 0 Å². The summed E-state index contributed by atoms with van der Waals surface area (Å²) in [5.74, 6) is 0.688. The van der Waals surface area contributed by atoms with E-state index in [0.717, 1.165) is 5.56 Å². The van der Waals surface area contributed by atoms with Crippen LogP contribution in [0, 0.1) is 6.92 Å². The molecule has 1 N–H and O–H groups in total. The third kappa shape index (κ3) is 0.721. The third-order valence-electron chi connectivity index (χ3n) is 1.02. The lowest BCUT2D eigenvalue weighted by Crippen LogP contribution is -1.79. The van der Waals surface area contributed by atoms with E-state index < -0.39 is 0 Å². The second kappa shape index (κ2) is 1.96. The van der Waals surface area contributed by atoms with Gasteiger partial charge in [-0.1, -0.05) is 5.16 Å². The molecule has 8 heavy (non-hydrogen) atoms. The minimum Gasteiger partial charge on any atom is -0.391 e. The zero-order chi connectivity index (χ0) is 5.98. The molecule has 0 saturated carbocycles. The fourth-order valence-electron chi connectivity index (χ4n) is 0.471. The monoisotopic (exact) mass is 113 g/mol. The average Bonchev–Trinajstić information content (AvgIpc) is 2.14. The van der Waals surface area contributed by atoms with Crippen LogP contribution in [0.25, 0.3) is 0 Å². The summed E-state index contributed by atoms with van der Waals surface area (Å²) in [4.78, 5) is 0. The van der Waals surface area contributed by atoms with Crippen molar-refractivity contribution in [3.05, 3.63) is 17.5 Å². The molecule has 1 heterocycles. The van der Waals surface area contributed by atoms with Crippen LogP contribution in [-0.4, -0.2) is 10.3 Å². The number of hydrogen-bond acceptors (Lipinski definition) is 3. The molecule has 44 valence electrons. The molecule has 0 aliphatic heterocycles. The van der Waals surface area contributed by atoms with Crippen LogP contribution in [0.3, 0.4) is 0 Å². The van der Waals surface area contributed by atoms with Crippen LogP contribution in [0.15, 0.2) is 10.7 Å². The van der Waals surface area contributed by atoms with Crippen molar-refractivity contribution >= 4 is 0 Å². The number of aromatic nitrogens is 1. The molecule has 0 spiro atoms. The Balaban J connectivity index is 2.92. The topological polar surface area (TPSA) is 46.3 Å². The quantitative estimate of drug-likeness (QED) is 0.576. The van der Waals surface area contributed by atoms with Crippen LogP contribution in [0.1, 0.15) is 11.3 Å². The van der Waals surface area contributed by atoms with Gasteiger partial charge in [-0.15, -0.1) is 0 Å². The van der Waals surface area contributed by atoms with E-state index in [-0.39, 0.29) is 6.61 Å². The van der Waals surface area contributed by atoms with Gasteiger partial charge in [0.05, 0.1) is 12.8 Å². The normalized spacial score (nSPS) is 9.75. The van der Waals surface area contributed by atoms with Crippen LogP contribution in [0.4, 0.5) is 0 Å². The van der Waals surface area contributed by atoms with E-state index in [0.29, 0.717) is 5.76 Å². The summed E-state index contributed by atoms with van der Waals surface area (Å²) in [6.45, 7) is 1.77. The summed E-state index contributed by atoms with van der Waals surface area (Å²) < 4.78 is 4.65. The Morgan fingerprint density at radius 3 is 2.88 bits per heavy atom. The lowest BCUT2D eigenvalue weighted by atomic mass is 10.3. The molecule has 3 nitrogen and oxygen atoms in total. The van der Waals surface area contributed by atoms with Gasteiger partial charge >= 0.3 is 0 Å². The van der Waals surface area contributed by atoms with Crippen molar-refractivity contribution in [2.75, 3.05) is 0 Å². The fourth-order valence-corrected chi connectivity index (χ4v) is 0.471. The predicted octanol–water partition coefficient (Wildman–Crippen LogP) is 0.475. The Morgan fingerprint density at radius 1 is 1.88 bits per heavy atom. The largest absolute Gasteiger partial charge is 0.391 e. The highest BCUT2D eigenvalue weighted by atomic mass is 16.5. The zero-order valence-electron chi connectivity index (χ0n) is 4.59. The van der Waals surface area contributed by atoms with Crippen LogP contribution >= 0.6 is 0 Å². The molecule has 0 bridgehead atoms. The number of aryl methyl sites for hydroxylation is 1. The molecule has 0 atom stereocenters. The lowest BCUT2D eigenvalue weighted by Gasteiger charge is -1.83. The molecule has 0 radical (unpaired) electrons. The Labute approximate surface area is 46.9 Å². The Kier molecular flexibility index (Phi) is 1.30. The van der Waals surface area contributed by atoms with Crippen molar-refractivity contribution in [2.45, 2.75) is 13.5 Å². The number of rotatable bonds is 1. The minimum absolute atomic E-state index is 0.00926. The number of aliphatic hydroxyl groups is 1. The van der Waals surface area contributed by atoms with Gasteiger partial charge < -0.3 is 9.63 Å². The molecule has 0 fully saturated rings. The SMILES string of the molecule is Cc1oncc1CO. The summed E-state index contributed by atoms with van der Waals surface area (Å²) >= 11 is 0. The van der Waals surface area contributed by atoms with Crippen LogP contribution in [0.5, 0.6) is 0 Å². The molecule has 0 aliphatic carbocycles. The van der Waals surface area contributed by atoms with E-state index in [1.54, 1.807) is 6.92 Å². The molecule has 1 rings (SSSR count). The molecule has 3 heteroatoms. The molecular weight excluding hydrogens is 106 g/mol. The Morgan fingerprint density at radius 2 is 2.62 bits per heavy atom. The smallest absolute Gasteiger partial charge is 0.139 e. The first kappa shape index (κ1) is 5.31. The van der Waals surface area contributed by atoms with Gasteiger partial charge in [0.2, 0.25) is 0 Å². The molecule has 1 aromatic heterocycles. The van der Waals surface area contributed by atoms with Gasteiger partial charge in [0, 0.05) is 5.56 Å². The average molecular weight is 113 g/mol. The molecule has 0 aliphatic rings. The van der Waals surface area contributed by atoms with Gasteiger partial charge in [-0.3, -0.25) is 0 Å². The van der Waals surface area contributed by atoms with Crippen LogP contribution in [0.2, 0.25) is 0 Å². The van der Waals surface area contributed by atoms with Crippen molar-refractivity contribution in [3.8, 4) is 0 Å². The Bertz CT molecular complexity index is 171. The first-order chi connectivity index (χ1) is 3.84. The number of hydrogen-bond donors (Lipinski definition) is 1. The predicted molar refractivity (Wildman–Crippen MR) is 27.2 cm³/mol. The molecule has 0 aromatic carbocycles. The van der Waals surface area contributed by atoms with Crippen LogP contribution in [-0.2, 0) is 6.61 Å². The minimum atomic E-state index is 0.00926. The lowest BCUT2D eigenvalue weighted by molar-refractivity contribution is 0.278. The summed E-state index contributed by atoms with van der Waals surface area (Å²) in [7, 11) is 0. The van der Waals surface area contributed by atoms with Gasteiger partial charge in [-0.25, -0.2) is 0 Å². The van der Waals surface area contributed by atoms with Gasteiger partial charge in [0.25, 0.3) is 0 Å². The molecule has 1 aromatic rings. The summed E-state index contributed by atoms with van der Waals surface area (Å²) in [6, 6.07) is 0. The number of aliphatic hydroxyl groups excluding tert-OH is 1. The van der Waals surface area contributed by atoms with Gasteiger partial charge in [-0.2, -0.15) is 0 Å². The summed E-state index contributed by atoms with van der Waals surface area (Å²) in [5.41, 5.74) is 0.755. The van der Waals surface area contributed by atoms with E-state index in [2.05, 4.69) is 9.68 Å². The van der Waals surface area contributed by atoms with E-state index in [1.165, 1.54) is 6.20 Å². The second-order valence-electron chi connectivity index (χ2n) is 1.57. The number of nitrogens with zero attached hydrogens (tertiary/aromatic N) is 1. The fraction of sp³-hybridized carbons (Fsp3) is 0.400. The van der Waals surface area contributed by atoms with E-state index in [1.807, 2.05) is 0 Å². The van der Waals surface area contributed by atoms with Crippen molar-refractivity contribution in [1.82, 2.24) is 5.16 Å². The summed E-state index contributed by atoms with van der Waals surface area (Å²) in [5, 5.41) is 12.0. The third-order valence-corrected chi connectivity index (χ3v) is 1.02. The van der Waals surface area contributed by atoms with E-state index in [4.69, 9.17) is 5.11 Å². The maximum Gasteiger partial charge on any atom is 0.139 e. The standard InChI is InChI=1S/C5H7NO2/c1-4-5(3-7)2-6-8-4/h2,7H,3H2,1H3. The molecule has 0 unspecified atom stereocenters. The Hall–Kier alpha value is -0.830. The van der Waals surface area contributed by atoms with Crippen molar-refractivity contribution in [1.29, 1.82) is 0 Å². The molecular formula is C5H7NO2. The maximum absolute atomic E-state index is 8.51. The van der Waals surface area contributed by atoms with Crippen molar-refractivity contribution in [2.24, 2.45) is 0 Å². The first-order valence-corrected chi connectivity index (χ1v) is 2.35. The van der Waals surface area contributed by atoms with Gasteiger partial charge in [0.1, 0.15) is 5.76 Å². The maximum atomic E-state index is 8.51. The first-order valence-electron chi connectivity index (χ1n) is 2.35. The van der Waals surface area contributed by atoms with Crippen molar-refractivity contribution in [3.63, 3.8) is 0 Å². The van der Waals surface area contributed by atoms with Crippen molar-refractivity contribution < 1.29 is 9.63 Å². The highest BCUT2D eigenvalue weighted by Gasteiger charge is 1.97.